The molecular weight excluding hydrogens is 213 g/mol. The maximum atomic E-state index is 13.4. The Morgan fingerprint density at radius 2 is 1.82 bits per heavy atom. The van der Waals surface area contributed by atoms with E-state index in [0.29, 0.717) is 0 Å². The van der Waals surface area contributed by atoms with Crippen LogP contribution in [0.5, 0.6) is 0 Å². The Balaban J connectivity index is 2.63. The smallest absolute Gasteiger partial charge is 0.207 e. The summed E-state index contributed by atoms with van der Waals surface area (Å²) >= 11 is 0. The highest BCUT2D eigenvalue weighted by atomic mass is 19.1. The van der Waals surface area contributed by atoms with Crippen LogP contribution >= 0.6 is 0 Å². The second kappa shape index (κ2) is 3.52. The Hall–Kier alpha value is -1.96. The molecule has 0 saturated heterocycles. The number of fused-ring (bicyclic) bond motifs is 3. The number of nitrogens with zero attached hydrogens (tertiary/aromatic N) is 1. The van der Waals surface area contributed by atoms with Crippen molar-refractivity contribution >= 4 is 21.7 Å². The number of hydrogen-bond donors (Lipinski definition) is 0. The van der Waals surface area contributed by atoms with Crippen LogP contribution in [-0.4, -0.2) is 0 Å². The summed E-state index contributed by atoms with van der Waals surface area (Å²) in [6.07, 6.45) is 2.02. The molecule has 1 heterocycles. The van der Waals surface area contributed by atoms with Crippen LogP contribution in [0.2, 0.25) is 0 Å². The highest BCUT2D eigenvalue weighted by molar-refractivity contribution is 6.05. The minimum absolute atomic E-state index is 0.173. The van der Waals surface area contributed by atoms with Crippen molar-refractivity contribution in [3.63, 3.8) is 0 Å². The topological polar surface area (TPSA) is 3.88 Å². The fraction of sp³-hybridized carbons (Fsp3) is 0.133. The molecule has 0 atom stereocenters. The van der Waals surface area contributed by atoms with E-state index in [9.17, 15) is 4.39 Å². The Labute approximate surface area is 99.1 Å². The molecule has 0 aliphatic carbocycles. The molecule has 0 radical (unpaired) electrons. The standard InChI is InChI=1S/C15H13FN/c1-10-8-13(16)9-12-6-5-11-4-3-7-17(2)15(11)14(10)12/h3-9H,1-2H3/q+1. The molecule has 17 heavy (non-hydrogen) atoms. The van der Waals surface area contributed by atoms with Crippen molar-refractivity contribution in [3.05, 3.63) is 54.0 Å². The average Bonchev–Trinajstić information content (AvgIpc) is 2.28. The Kier molecular flexibility index (Phi) is 2.11. The summed E-state index contributed by atoms with van der Waals surface area (Å²) in [6, 6.07) is 11.3. The molecule has 3 rings (SSSR count). The molecule has 2 aromatic carbocycles. The van der Waals surface area contributed by atoms with E-state index in [1.807, 2.05) is 38.4 Å². The van der Waals surface area contributed by atoms with Gasteiger partial charge in [0.25, 0.3) is 0 Å². The van der Waals surface area contributed by atoms with E-state index in [1.54, 1.807) is 12.1 Å². The van der Waals surface area contributed by atoms with E-state index >= 15 is 0 Å². The number of pyridine rings is 1. The highest BCUT2D eigenvalue weighted by Gasteiger charge is 2.12. The maximum Gasteiger partial charge on any atom is 0.220 e. The average molecular weight is 226 g/mol. The Morgan fingerprint density at radius 3 is 2.65 bits per heavy atom. The molecule has 0 amide bonds. The SMILES string of the molecule is Cc1cc(F)cc2ccc3ccc[n+](C)c3c12. The van der Waals surface area contributed by atoms with Crippen molar-refractivity contribution in [1.29, 1.82) is 0 Å². The zero-order chi connectivity index (χ0) is 12.0. The molecule has 0 aliphatic heterocycles. The molecule has 0 N–H and O–H groups in total. The fourth-order valence-electron chi connectivity index (χ4n) is 2.49. The highest BCUT2D eigenvalue weighted by Crippen LogP contribution is 2.26. The van der Waals surface area contributed by atoms with Gasteiger partial charge in [0.2, 0.25) is 5.52 Å². The van der Waals surface area contributed by atoms with Crippen LogP contribution in [0.4, 0.5) is 4.39 Å². The van der Waals surface area contributed by atoms with Gasteiger partial charge in [0.1, 0.15) is 12.9 Å². The summed E-state index contributed by atoms with van der Waals surface area (Å²) in [6.45, 7) is 1.96. The van der Waals surface area contributed by atoms with E-state index in [1.165, 1.54) is 5.39 Å². The monoisotopic (exact) mass is 226 g/mol. The molecule has 84 valence electrons. The first kappa shape index (κ1) is 10.2. The van der Waals surface area contributed by atoms with Gasteiger partial charge in [0.05, 0.1) is 5.39 Å². The lowest BCUT2D eigenvalue weighted by atomic mass is 10.0. The lowest BCUT2D eigenvalue weighted by molar-refractivity contribution is -0.644. The van der Waals surface area contributed by atoms with Gasteiger partial charge in [-0.2, -0.15) is 0 Å². The molecular formula is C15H13FN+. The van der Waals surface area contributed by atoms with E-state index in [4.69, 9.17) is 0 Å². The van der Waals surface area contributed by atoms with Crippen LogP contribution in [0.3, 0.4) is 0 Å². The van der Waals surface area contributed by atoms with E-state index < -0.39 is 0 Å². The first-order chi connectivity index (χ1) is 8.16. The van der Waals surface area contributed by atoms with Gasteiger partial charge in [-0.1, -0.05) is 6.07 Å². The molecule has 3 aromatic rings. The normalized spacial score (nSPS) is 11.2. The van der Waals surface area contributed by atoms with Gasteiger partial charge in [-0.25, -0.2) is 8.96 Å². The molecule has 2 heteroatoms. The van der Waals surface area contributed by atoms with Gasteiger partial charge < -0.3 is 0 Å². The van der Waals surface area contributed by atoms with Crippen molar-refractivity contribution in [2.75, 3.05) is 0 Å². The molecule has 0 saturated carbocycles. The molecule has 0 unspecified atom stereocenters. The van der Waals surface area contributed by atoms with Crippen molar-refractivity contribution in [2.24, 2.45) is 7.05 Å². The third-order valence-electron chi connectivity index (χ3n) is 3.22. The predicted octanol–water partition coefficient (Wildman–Crippen LogP) is 3.27. The van der Waals surface area contributed by atoms with Crippen LogP contribution in [0.15, 0.2) is 42.6 Å². The first-order valence-electron chi connectivity index (χ1n) is 5.64. The lowest BCUT2D eigenvalue weighted by Crippen LogP contribution is -2.28. The largest absolute Gasteiger partial charge is 0.220 e. The minimum Gasteiger partial charge on any atom is -0.207 e. The van der Waals surface area contributed by atoms with Gasteiger partial charge in [-0.3, -0.25) is 0 Å². The van der Waals surface area contributed by atoms with Crippen molar-refractivity contribution in [1.82, 2.24) is 0 Å². The van der Waals surface area contributed by atoms with Gasteiger partial charge in [0.15, 0.2) is 6.20 Å². The lowest BCUT2D eigenvalue weighted by Gasteiger charge is -2.05. The third kappa shape index (κ3) is 1.48. The van der Waals surface area contributed by atoms with Gasteiger partial charge in [0, 0.05) is 11.5 Å². The molecule has 0 fully saturated rings. The van der Waals surface area contributed by atoms with Crippen molar-refractivity contribution in [3.8, 4) is 0 Å². The van der Waals surface area contributed by atoms with Crippen molar-refractivity contribution in [2.45, 2.75) is 6.92 Å². The molecule has 0 aliphatic rings. The summed E-state index contributed by atoms with van der Waals surface area (Å²) in [4.78, 5) is 0. The Bertz CT molecular complexity index is 732. The van der Waals surface area contributed by atoms with E-state index in [0.717, 1.165) is 21.9 Å². The van der Waals surface area contributed by atoms with Crippen LogP contribution < -0.4 is 4.57 Å². The number of aromatic nitrogens is 1. The molecule has 1 aromatic heterocycles. The van der Waals surface area contributed by atoms with Crippen LogP contribution in [0.1, 0.15) is 5.56 Å². The third-order valence-corrected chi connectivity index (χ3v) is 3.22. The van der Waals surface area contributed by atoms with Gasteiger partial charge in [-0.15, -0.1) is 0 Å². The maximum absolute atomic E-state index is 13.4. The molecule has 0 bridgehead atoms. The number of benzene rings is 2. The van der Waals surface area contributed by atoms with Gasteiger partial charge in [-0.05, 0) is 42.1 Å². The van der Waals surface area contributed by atoms with Crippen LogP contribution in [-0.2, 0) is 7.05 Å². The summed E-state index contributed by atoms with van der Waals surface area (Å²) in [5.74, 6) is -0.173. The zero-order valence-electron chi connectivity index (χ0n) is 9.87. The van der Waals surface area contributed by atoms with Gasteiger partial charge >= 0.3 is 0 Å². The summed E-state index contributed by atoms with van der Waals surface area (Å²) in [5, 5.41) is 3.26. The second-order valence-corrected chi connectivity index (χ2v) is 4.44. The van der Waals surface area contributed by atoms with Crippen molar-refractivity contribution < 1.29 is 8.96 Å². The Morgan fingerprint density at radius 1 is 1.06 bits per heavy atom. The van der Waals surface area contributed by atoms with Crippen LogP contribution in [0, 0.1) is 12.7 Å². The summed E-state index contributed by atoms with van der Waals surface area (Å²) in [7, 11) is 2.02. The number of hydrogen-bond acceptors (Lipinski definition) is 0. The fourth-order valence-corrected chi connectivity index (χ4v) is 2.49. The minimum atomic E-state index is -0.173. The van der Waals surface area contributed by atoms with E-state index in [-0.39, 0.29) is 5.82 Å². The summed E-state index contributed by atoms with van der Waals surface area (Å²) in [5.41, 5.74) is 2.13. The summed E-state index contributed by atoms with van der Waals surface area (Å²) < 4.78 is 15.5. The molecule has 0 spiro atoms. The first-order valence-corrected chi connectivity index (χ1v) is 5.64. The van der Waals surface area contributed by atoms with Crippen LogP contribution in [0.25, 0.3) is 21.7 Å². The number of aryl methyl sites for hydroxylation is 2. The second-order valence-electron chi connectivity index (χ2n) is 4.44. The number of halogens is 1. The zero-order valence-corrected chi connectivity index (χ0v) is 9.87. The molecule has 1 nitrogen and oxygen atoms in total. The number of rotatable bonds is 0. The van der Waals surface area contributed by atoms with E-state index in [2.05, 4.69) is 10.6 Å². The quantitative estimate of drug-likeness (QED) is 0.409. The predicted molar refractivity (Wildman–Crippen MR) is 67.3 cm³/mol.